The first-order valence-electron chi connectivity index (χ1n) is 9.73. The lowest BCUT2D eigenvalue weighted by Crippen LogP contribution is -2.45. The number of benzene rings is 1. The highest BCUT2D eigenvalue weighted by Crippen LogP contribution is 2.26. The molecule has 3 aromatic rings. The molecule has 1 N–H and O–H groups in total. The van der Waals surface area contributed by atoms with Crippen LogP contribution in [-0.4, -0.2) is 36.3 Å². The van der Waals surface area contributed by atoms with E-state index in [0.29, 0.717) is 31.7 Å². The summed E-state index contributed by atoms with van der Waals surface area (Å²) in [4.78, 5) is 12.9. The van der Waals surface area contributed by atoms with Gasteiger partial charge in [0, 0.05) is 37.2 Å². The number of sulfonamides is 1. The van der Waals surface area contributed by atoms with Crippen LogP contribution in [0.5, 0.6) is 0 Å². The van der Waals surface area contributed by atoms with Gasteiger partial charge < -0.3 is 14.3 Å². The standard InChI is InChI=1S/C21H25N3O4S/c1-15-5-6-18(28-15)13-22-21(25)17-4-3-10-24(14-17)29(26,27)19-7-8-20-16(12-19)9-11-23(20)2/h5-9,11-12,17H,3-4,10,13-14H2,1-2H3,(H,22,25)/t17-/m0/s1. The third-order valence-electron chi connectivity index (χ3n) is 5.48. The summed E-state index contributed by atoms with van der Waals surface area (Å²) in [6, 6.07) is 10.7. The summed E-state index contributed by atoms with van der Waals surface area (Å²) in [7, 11) is -1.72. The Bertz CT molecular complexity index is 1150. The first kappa shape index (κ1) is 19.7. The number of carbonyl (C=O) groups excluding carboxylic acids is 1. The number of aromatic nitrogens is 1. The number of furan rings is 1. The second-order valence-corrected chi connectivity index (χ2v) is 9.52. The smallest absolute Gasteiger partial charge is 0.243 e. The average Bonchev–Trinajstić information content (AvgIpc) is 3.31. The van der Waals surface area contributed by atoms with Crippen LogP contribution in [0.2, 0.25) is 0 Å². The number of nitrogens with zero attached hydrogens (tertiary/aromatic N) is 2. The number of amides is 1. The Morgan fingerprint density at radius 2 is 2.07 bits per heavy atom. The molecule has 1 atom stereocenters. The lowest BCUT2D eigenvalue weighted by Gasteiger charge is -2.31. The molecule has 8 heteroatoms. The van der Waals surface area contributed by atoms with Crippen molar-refractivity contribution in [2.24, 2.45) is 13.0 Å². The molecule has 3 heterocycles. The summed E-state index contributed by atoms with van der Waals surface area (Å²) in [6.45, 7) is 2.77. The predicted molar refractivity (Wildman–Crippen MR) is 110 cm³/mol. The molecule has 0 bridgehead atoms. The van der Waals surface area contributed by atoms with Crippen LogP contribution in [0.1, 0.15) is 24.4 Å². The van der Waals surface area contributed by atoms with E-state index in [0.717, 1.165) is 16.7 Å². The van der Waals surface area contributed by atoms with Crippen molar-refractivity contribution in [1.29, 1.82) is 0 Å². The SMILES string of the molecule is Cc1ccc(CNC(=O)[C@H]2CCCN(S(=O)(=O)c3ccc4c(ccn4C)c3)C2)o1. The molecule has 1 aliphatic heterocycles. The third-order valence-corrected chi connectivity index (χ3v) is 7.34. The van der Waals surface area contributed by atoms with E-state index >= 15 is 0 Å². The molecule has 1 fully saturated rings. The van der Waals surface area contributed by atoms with E-state index in [1.807, 2.05) is 49.0 Å². The molecule has 0 aliphatic carbocycles. The van der Waals surface area contributed by atoms with Crippen molar-refractivity contribution >= 4 is 26.8 Å². The van der Waals surface area contributed by atoms with Crippen LogP contribution in [0.25, 0.3) is 10.9 Å². The van der Waals surface area contributed by atoms with Gasteiger partial charge in [-0.3, -0.25) is 4.79 Å². The van der Waals surface area contributed by atoms with Crippen LogP contribution >= 0.6 is 0 Å². The molecule has 4 rings (SSSR count). The van der Waals surface area contributed by atoms with E-state index in [4.69, 9.17) is 4.42 Å². The molecule has 0 radical (unpaired) electrons. The molecule has 2 aromatic heterocycles. The van der Waals surface area contributed by atoms with Crippen LogP contribution in [0.15, 0.2) is 51.9 Å². The summed E-state index contributed by atoms with van der Waals surface area (Å²) in [5.74, 6) is 0.972. The highest BCUT2D eigenvalue weighted by molar-refractivity contribution is 7.89. The Morgan fingerprint density at radius 1 is 1.24 bits per heavy atom. The summed E-state index contributed by atoms with van der Waals surface area (Å²) >= 11 is 0. The number of rotatable bonds is 5. The monoisotopic (exact) mass is 415 g/mol. The van der Waals surface area contributed by atoms with E-state index in [1.54, 1.807) is 12.1 Å². The largest absolute Gasteiger partial charge is 0.465 e. The van der Waals surface area contributed by atoms with Crippen LogP contribution < -0.4 is 5.32 Å². The second kappa shape index (κ2) is 7.68. The number of piperidine rings is 1. The lowest BCUT2D eigenvalue weighted by molar-refractivity contribution is -0.126. The van der Waals surface area contributed by atoms with E-state index in [2.05, 4.69) is 5.32 Å². The van der Waals surface area contributed by atoms with Crippen molar-refractivity contribution in [3.05, 3.63) is 54.1 Å². The number of nitrogens with one attached hydrogen (secondary N) is 1. The summed E-state index contributed by atoms with van der Waals surface area (Å²) < 4.78 is 35.2. The minimum atomic E-state index is -3.65. The number of fused-ring (bicyclic) bond motifs is 1. The van der Waals surface area contributed by atoms with Crippen molar-refractivity contribution < 1.29 is 17.6 Å². The lowest BCUT2D eigenvalue weighted by atomic mass is 9.99. The van der Waals surface area contributed by atoms with E-state index in [-0.39, 0.29) is 23.3 Å². The fourth-order valence-electron chi connectivity index (χ4n) is 3.84. The molecule has 7 nitrogen and oxygen atoms in total. The normalized spacial score (nSPS) is 18.2. The Hall–Kier alpha value is -2.58. The summed E-state index contributed by atoms with van der Waals surface area (Å²) in [5.41, 5.74) is 0.980. The molecular weight excluding hydrogens is 390 g/mol. The van der Waals surface area contributed by atoms with E-state index < -0.39 is 10.0 Å². The van der Waals surface area contributed by atoms with Gasteiger partial charge in [0.15, 0.2) is 0 Å². The molecule has 1 aromatic carbocycles. The number of hydrogen-bond donors (Lipinski definition) is 1. The van der Waals surface area contributed by atoms with Crippen LogP contribution in [0.4, 0.5) is 0 Å². The zero-order chi connectivity index (χ0) is 20.6. The molecule has 29 heavy (non-hydrogen) atoms. The van der Waals surface area contributed by atoms with Gasteiger partial charge in [-0.2, -0.15) is 4.31 Å². The first-order chi connectivity index (χ1) is 13.8. The topological polar surface area (TPSA) is 84.5 Å². The van der Waals surface area contributed by atoms with E-state index in [1.165, 1.54) is 4.31 Å². The Balaban J connectivity index is 1.46. The zero-order valence-corrected chi connectivity index (χ0v) is 17.4. The maximum atomic E-state index is 13.2. The van der Waals surface area contributed by atoms with Gasteiger partial charge in [-0.25, -0.2) is 8.42 Å². The molecule has 0 spiro atoms. The third kappa shape index (κ3) is 3.95. The van der Waals surface area contributed by atoms with Crippen molar-refractivity contribution in [2.45, 2.75) is 31.2 Å². The maximum Gasteiger partial charge on any atom is 0.243 e. The zero-order valence-electron chi connectivity index (χ0n) is 16.6. The van der Waals surface area contributed by atoms with Crippen molar-refractivity contribution in [2.75, 3.05) is 13.1 Å². The van der Waals surface area contributed by atoms with E-state index in [9.17, 15) is 13.2 Å². The molecule has 1 amide bonds. The maximum absolute atomic E-state index is 13.2. The number of carbonyl (C=O) groups is 1. The summed E-state index contributed by atoms with van der Waals surface area (Å²) in [5, 5.41) is 3.75. The molecular formula is C21H25N3O4S. The van der Waals surface area contributed by atoms with Gasteiger partial charge in [0.1, 0.15) is 11.5 Å². The predicted octanol–water partition coefficient (Wildman–Crippen LogP) is 2.80. The van der Waals surface area contributed by atoms with Gasteiger partial charge in [-0.1, -0.05) is 0 Å². The highest BCUT2D eigenvalue weighted by Gasteiger charge is 2.33. The molecule has 0 saturated carbocycles. The molecule has 154 valence electrons. The van der Waals surface area contributed by atoms with Gasteiger partial charge in [-0.15, -0.1) is 0 Å². The van der Waals surface area contributed by atoms with Gasteiger partial charge in [-0.05, 0) is 56.2 Å². The first-order valence-corrected chi connectivity index (χ1v) is 11.2. The van der Waals surface area contributed by atoms with Crippen molar-refractivity contribution in [3.63, 3.8) is 0 Å². The minimum Gasteiger partial charge on any atom is -0.465 e. The highest BCUT2D eigenvalue weighted by atomic mass is 32.2. The fraction of sp³-hybridized carbons (Fsp3) is 0.381. The van der Waals surface area contributed by atoms with Crippen LogP contribution in [0.3, 0.4) is 0 Å². The van der Waals surface area contributed by atoms with Crippen LogP contribution in [0, 0.1) is 12.8 Å². The molecule has 1 aliphatic rings. The van der Waals surface area contributed by atoms with Crippen molar-refractivity contribution in [3.8, 4) is 0 Å². The van der Waals surface area contributed by atoms with Gasteiger partial charge in [0.05, 0.1) is 17.4 Å². The van der Waals surface area contributed by atoms with Crippen LogP contribution in [-0.2, 0) is 28.4 Å². The number of aryl methyl sites for hydroxylation is 2. The quantitative estimate of drug-likeness (QED) is 0.694. The van der Waals surface area contributed by atoms with Gasteiger partial charge in [0.25, 0.3) is 0 Å². The van der Waals surface area contributed by atoms with Gasteiger partial charge >= 0.3 is 0 Å². The van der Waals surface area contributed by atoms with Gasteiger partial charge in [0.2, 0.25) is 15.9 Å². The fourth-order valence-corrected chi connectivity index (χ4v) is 5.40. The average molecular weight is 416 g/mol. The molecule has 1 saturated heterocycles. The number of hydrogen-bond acceptors (Lipinski definition) is 4. The minimum absolute atomic E-state index is 0.141. The Morgan fingerprint density at radius 3 is 2.83 bits per heavy atom. The molecule has 0 unspecified atom stereocenters. The Labute approximate surface area is 170 Å². The Kier molecular flexibility index (Phi) is 5.23. The van der Waals surface area contributed by atoms with Crippen molar-refractivity contribution in [1.82, 2.24) is 14.2 Å². The second-order valence-electron chi connectivity index (χ2n) is 7.58. The summed E-state index contributed by atoms with van der Waals surface area (Å²) in [6.07, 6.45) is 3.24.